The Morgan fingerprint density at radius 2 is 2.40 bits per heavy atom. The second-order valence-electron chi connectivity index (χ2n) is 1.80. The molecule has 0 bridgehead atoms. The van der Waals surface area contributed by atoms with Crippen molar-refractivity contribution >= 4 is 28.5 Å². The zero-order valence-corrected chi connectivity index (χ0v) is 8.07. The van der Waals surface area contributed by atoms with Gasteiger partial charge in [-0.25, -0.2) is 0 Å². The highest BCUT2D eigenvalue weighted by molar-refractivity contribution is 14.1. The van der Waals surface area contributed by atoms with Crippen LogP contribution in [-0.2, 0) is 4.79 Å². The summed E-state index contributed by atoms with van der Waals surface area (Å²) in [6, 6.07) is 0. The molecule has 0 unspecified atom stereocenters. The third kappa shape index (κ3) is 5.89. The molecule has 0 aliphatic carbocycles. The molecule has 0 aliphatic heterocycles. The minimum atomic E-state index is 0.0195. The van der Waals surface area contributed by atoms with Gasteiger partial charge in [0.15, 0.2) is 0 Å². The zero-order chi connectivity index (χ0) is 7.82. The summed E-state index contributed by atoms with van der Waals surface area (Å²) in [6.07, 6.45) is 1.30. The highest BCUT2D eigenvalue weighted by Gasteiger charge is 1.93. The average Bonchev–Trinajstić information content (AvgIpc) is 1.97. The van der Waals surface area contributed by atoms with Crippen LogP contribution in [0.1, 0.15) is 19.8 Å². The van der Waals surface area contributed by atoms with Crippen molar-refractivity contribution in [3.05, 3.63) is 0 Å². The Balaban J connectivity index is 3.31. The Hall–Kier alpha value is -0.240. The monoisotopic (exact) mass is 251 g/mol. The third-order valence-electron chi connectivity index (χ3n) is 0.888. The van der Waals surface area contributed by atoms with Gasteiger partial charge in [-0.15, -0.1) is 0 Å². The van der Waals surface area contributed by atoms with Crippen LogP contribution in [0.5, 0.6) is 0 Å². The number of hydrogen-bond donors (Lipinski definition) is 1. The van der Waals surface area contributed by atoms with Gasteiger partial charge in [0.2, 0.25) is 5.91 Å². The van der Waals surface area contributed by atoms with Crippen molar-refractivity contribution in [2.75, 3.05) is 6.54 Å². The van der Waals surface area contributed by atoms with Crippen LogP contribution in [0, 0.1) is 9.85 Å². The predicted octanol–water partition coefficient (Wildman–Crippen LogP) is 1.30. The molecular formula is C7H10INO. The third-order valence-corrected chi connectivity index (χ3v) is 1.27. The Labute approximate surface area is 74.9 Å². The average molecular weight is 251 g/mol. The summed E-state index contributed by atoms with van der Waals surface area (Å²) in [6.45, 7) is 2.77. The van der Waals surface area contributed by atoms with E-state index in [1.807, 2.05) is 29.5 Å². The van der Waals surface area contributed by atoms with Gasteiger partial charge in [-0.1, -0.05) is 12.8 Å². The van der Waals surface area contributed by atoms with E-state index < -0.39 is 0 Å². The minimum absolute atomic E-state index is 0.0195. The van der Waals surface area contributed by atoms with E-state index in [4.69, 9.17) is 0 Å². The second kappa shape index (κ2) is 6.87. The van der Waals surface area contributed by atoms with Gasteiger partial charge in [0, 0.05) is 29.1 Å². The molecule has 0 aromatic rings. The number of carbonyl (C=O) groups is 1. The summed E-state index contributed by atoms with van der Waals surface area (Å²) >= 11 is 1.92. The van der Waals surface area contributed by atoms with Crippen molar-refractivity contribution in [1.29, 1.82) is 0 Å². The van der Waals surface area contributed by atoms with Gasteiger partial charge >= 0.3 is 0 Å². The van der Waals surface area contributed by atoms with Crippen LogP contribution in [0.2, 0.25) is 0 Å². The SMILES string of the molecule is CCCNC(=O)CC#CI. The van der Waals surface area contributed by atoms with Crippen LogP contribution in [0.3, 0.4) is 0 Å². The Kier molecular flexibility index (Phi) is 6.71. The van der Waals surface area contributed by atoms with Gasteiger partial charge in [-0.2, -0.15) is 0 Å². The lowest BCUT2D eigenvalue weighted by Gasteiger charge is -1.97. The first-order valence-electron chi connectivity index (χ1n) is 3.16. The number of carbonyl (C=O) groups excluding carboxylic acids is 1. The van der Waals surface area contributed by atoms with Crippen LogP contribution in [0.4, 0.5) is 0 Å². The first-order valence-corrected chi connectivity index (χ1v) is 4.24. The Morgan fingerprint density at radius 3 is 2.90 bits per heavy atom. The summed E-state index contributed by atoms with van der Waals surface area (Å²) in [7, 11) is 0. The molecule has 0 radical (unpaired) electrons. The Bertz CT molecular complexity index is 157. The van der Waals surface area contributed by atoms with E-state index >= 15 is 0 Å². The quantitative estimate of drug-likeness (QED) is 0.594. The molecule has 1 N–H and O–H groups in total. The molecule has 0 saturated heterocycles. The van der Waals surface area contributed by atoms with Crippen molar-refractivity contribution in [2.24, 2.45) is 0 Å². The second-order valence-corrected chi connectivity index (χ2v) is 2.34. The first kappa shape index (κ1) is 9.76. The number of rotatable bonds is 3. The van der Waals surface area contributed by atoms with Crippen LogP contribution < -0.4 is 5.32 Å². The molecular weight excluding hydrogens is 241 g/mol. The van der Waals surface area contributed by atoms with Crippen molar-refractivity contribution in [3.63, 3.8) is 0 Å². The standard InChI is InChI=1S/C7H10INO/c1-2-6-9-7(10)4-3-5-8/h2,4,6H2,1H3,(H,9,10). The van der Waals surface area contributed by atoms with Gasteiger partial charge in [-0.05, 0) is 10.3 Å². The summed E-state index contributed by atoms with van der Waals surface area (Å²) in [5.74, 6) is 2.70. The minimum Gasteiger partial charge on any atom is -0.355 e. The summed E-state index contributed by atoms with van der Waals surface area (Å²) in [5.41, 5.74) is 0. The van der Waals surface area contributed by atoms with Gasteiger partial charge in [-0.3, -0.25) is 4.79 Å². The fourth-order valence-electron chi connectivity index (χ4n) is 0.441. The lowest BCUT2D eigenvalue weighted by molar-refractivity contribution is -0.120. The van der Waals surface area contributed by atoms with Crippen molar-refractivity contribution in [2.45, 2.75) is 19.8 Å². The van der Waals surface area contributed by atoms with Crippen LogP contribution in [0.25, 0.3) is 0 Å². The lowest BCUT2D eigenvalue weighted by Crippen LogP contribution is -2.22. The van der Waals surface area contributed by atoms with Gasteiger partial charge in [0.25, 0.3) is 0 Å². The molecule has 0 rings (SSSR count). The van der Waals surface area contributed by atoms with Crippen molar-refractivity contribution in [1.82, 2.24) is 5.32 Å². The molecule has 2 nitrogen and oxygen atoms in total. The van der Waals surface area contributed by atoms with E-state index in [1.54, 1.807) is 0 Å². The molecule has 0 aromatic heterocycles. The maximum Gasteiger partial charge on any atom is 0.232 e. The van der Waals surface area contributed by atoms with E-state index in [1.165, 1.54) is 0 Å². The van der Waals surface area contributed by atoms with E-state index in [2.05, 4.69) is 15.2 Å². The molecule has 0 aromatic carbocycles. The molecule has 0 fully saturated rings. The van der Waals surface area contributed by atoms with E-state index in [-0.39, 0.29) is 5.91 Å². The maximum atomic E-state index is 10.7. The normalized spacial score (nSPS) is 7.80. The molecule has 10 heavy (non-hydrogen) atoms. The fraction of sp³-hybridized carbons (Fsp3) is 0.571. The number of amides is 1. The Morgan fingerprint density at radius 1 is 1.70 bits per heavy atom. The van der Waals surface area contributed by atoms with Crippen molar-refractivity contribution < 1.29 is 4.79 Å². The van der Waals surface area contributed by atoms with Crippen LogP contribution in [-0.4, -0.2) is 12.5 Å². The highest BCUT2D eigenvalue weighted by Crippen LogP contribution is 1.79. The van der Waals surface area contributed by atoms with E-state index in [0.717, 1.165) is 13.0 Å². The van der Waals surface area contributed by atoms with Crippen molar-refractivity contribution in [3.8, 4) is 9.85 Å². The van der Waals surface area contributed by atoms with Gasteiger partial charge in [0.05, 0.1) is 6.42 Å². The van der Waals surface area contributed by atoms with Crippen LogP contribution >= 0.6 is 22.6 Å². The summed E-state index contributed by atoms with van der Waals surface area (Å²) in [5, 5.41) is 2.72. The summed E-state index contributed by atoms with van der Waals surface area (Å²) < 4.78 is 2.63. The number of hydrogen-bond acceptors (Lipinski definition) is 1. The largest absolute Gasteiger partial charge is 0.355 e. The molecule has 0 aliphatic rings. The molecule has 1 amide bonds. The van der Waals surface area contributed by atoms with Crippen LogP contribution in [0.15, 0.2) is 0 Å². The topological polar surface area (TPSA) is 29.1 Å². The van der Waals surface area contributed by atoms with Gasteiger partial charge in [0.1, 0.15) is 0 Å². The first-order chi connectivity index (χ1) is 4.81. The fourth-order valence-corrected chi connectivity index (χ4v) is 0.631. The molecule has 0 saturated carbocycles. The number of nitrogens with one attached hydrogen (secondary N) is 1. The molecule has 0 spiro atoms. The molecule has 56 valence electrons. The molecule has 3 heteroatoms. The van der Waals surface area contributed by atoms with E-state index in [9.17, 15) is 4.79 Å². The molecule has 0 heterocycles. The summed E-state index contributed by atoms with van der Waals surface area (Å²) in [4.78, 5) is 10.7. The maximum absolute atomic E-state index is 10.7. The van der Waals surface area contributed by atoms with Gasteiger partial charge < -0.3 is 5.32 Å². The predicted molar refractivity (Wildman–Crippen MR) is 49.7 cm³/mol. The zero-order valence-electron chi connectivity index (χ0n) is 5.91. The number of halogens is 1. The molecule has 0 atom stereocenters. The lowest BCUT2D eigenvalue weighted by atomic mass is 10.4. The smallest absolute Gasteiger partial charge is 0.232 e. The van der Waals surface area contributed by atoms with E-state index in [0.29, 0.717) is 6.42 Å². The highest BCUT2D eigenvalue weighted by atomic mass is 127.